The highest BCUT2D eigenvalue weighted by molar-refractivity contribution is 6.30. The van der Waals surface area contributed by atoms with Crippen molar-refractivity contribution in [3.63, 3.8) is 0 Å². The molecule has 1 amide bonds. The summed E-state index contributed by atoms with van der Waals surface area (Å²) in [6.07, 6.45) is -2.63. The van der Waals surface area contributed by atoms with Crippen LogP contribution >= 0.6 is 11.6 Å². The van der Waals surface area contributed by atoms with Gasteiger partial charge in [-0.25, -0.2) is 13.8 Å². The number of fused-ring (bicyclic) bond motifs is 4. The summed E-state index contributed by atoms with van der Waals surface area (Å²) in [5, 5.41) is 19.5. The van der Waals surface area contributed by atoms with Crippen molar-refractivity contribution >= 4 is 29.0 Å². The van der Waals surface area contributed by atoms with Crippen LogP contribution in [0.4, 0.5) is 14.6 Å². The molecule has 160 valence electrons. The Morgan fingerprint density at radius 1 is 1.35 bits per heavy atom. The van der Waals surface area contributed by atoms with E-state index < -0.39 is 12.1 Å². The number of aryl methyl sites for hydroxylation is 1. The van der Waals surface area contributed by atoms with Gasteiger partial charge in [-0.2, -0.15) is 14.9 Å². The molecule has 0 saturated heterocycles. The molecule has 3 heterocycles. The quantitative estimate of drug-likeness (QED) is 0.595. The van der Waals surface area contributed by atoms with Crippen molar-refractivity contribution in [2.45, 2.75) is 19.8 Å². The molecule has 0 unspecified atom stereocenters. The van der Waals surface area contributed by atoms with Crippen LogP contribution in [0, 0.1) is 18.3 Å². The van der Waals surface area contributed by atoms with Crippen molar-refractivity contribution in [2.24, 2.45) is 0 Å². The van der Waals surface area contributed by atoms with Crippen LogP contribution in [-0.4, -0.2) is 40.2 Å². The number of hydrogen-bond donors (Lipinski definition) is 2. The molecule has 0 spiro atoms. The summed E-state index contributed by atoms with van der Waals surface area (Å²) in [4.78, 5) is 16.6. The highest BCUT2D eigenvalue weighted by atomic mass is 35.5. The van der Waals surface area contributed by atoms with Crippen molar-refractivity contribution in [3.8, 4) is 11.8 Å². The van der Waals surface area contributed by atoms with Gasteiger partial charge in [-0.3, -0.25) is 4.79 Å². The molecule has 2 aromatic heterocycles. The van der Waals surface area contributed by atoms with Crippen LogP contribution in [0.5, 0.6) is 5.75 Å². The molecule has 8 nitrogen and oxygen atoms in total. The number of hydrogen-bond acceptors (Lipinski definition) is 6. The maximum absolute atomic E-state index is 13.5. The molecule has 4 rings (SSSR count). The number of anilines is 1. The fraction of sp³-hybridized carbons (Fsp3) is 0.300. The number of aromatic nitrogens is 3. The summed E-state index contributed by atoms with van der Waals surface area (Å²) in [5.74, 6) is 0.535. The lowest BCUT2D eigenvalue weighted by Crippen LogP contribution is -2.34. The molecule has 1 aliphatic rings. The summed E-state index contributed by atoms with van der Waals surface area (Å²) in [5.41, 5.74) is 0.975. The molecular weight excluding hydrogens is 430 g/mol. The molecule has 11 heteroatoms. The van der Waals surface area contributed by atoms with Crippen molar-refractivity contribution < 1.29 is 18.3 Å². The zero-order valence-electron chi connectivity index (χ0n) is 16.4. The summed E-state index contributed by atoms with van der Waals surface area (Å²) in [7, 11) is 0. The van der Waals surface area contributed by atoms with E-state index >= 15 is 0 Å². The molecule has 0 radical (unpaired) electrons. The summed E-state index contributed by atoms with van der Waals surface area (Å²) in [6.45, 7) is 2.12. The predicted octanol–water partition coefficient (Wildman–Crippen LogP) is 3.01. The summed E-state index contributed by atoms with van der Waals surface area (Å²) in [6, 6.07) is 6.98. The average Bonchev–Trinajstić information content (AvgIpc) is 3.09. The van der Waals surface area contributed by atoms with Gasteiger partial charge in [0.2, 0.25) is 5.91 Å². The number of amides is 1. The first-order chi connectivity index (χ1) is 14.9. The predicted molar refractivity (Wildman–Crippen MR) is 109 cm³/mol. The van der Waals surface area contributed by atoms with Crippen molar-refractivity contribution in [1.82, 2.24) is 19.9 Å². The van der Waals surface area contributed by atoms with Crippen molar-refractivity contribution in [1.29, 1.82) is 5.26 Å². The summed E-state index contributed by atoms with van der Waals surface area (Å²) < 4.78 is 33.9. The van der Waals surface area contributed by atoms with E-state index in [1.165, 1.54) is 0 Å². The van der Waals surface area contributed by atoms with Gasteiger partial charge >= 0.3 is 0 Å². The average molecular weight is 447 g/mol. The maximum atomic E-state index is 13.5. The second-order valence-electron chi connectivity index (χ2n) is 6.91. The largest absolute Gasteiger partial charge is 0.491 e. The fourth-order valence-corrected chi connectivity index (χ4v) is 3.60. The third-order valence-corrected chi connectivity index (χ3v) is 5.14. The highest BCUT2D eigenvalue weighted by Crippen LogP contribution is 2.32. The molecule has 0 aliphatic carbocycles. The van der Waals surface area contributed by atoms with Gasteiger partial charge in [0, 0.05) is 22.7 Å². The Balaban J connectivity index is 1.95. The number of halogens is 3. The number of nitrogens with zero attached hydrogens (tertiary/aromatic N) is 4. The second-order valence-corrected chi connectivity index (χ2v) is 7.35. The highest BCUT2D eigenvalue weighted by Gasteiger charge is 2.26. The lowest BCUT2D eigenvalue weighted by Gasteiger charge is -2.19. The number of alkyl halides is 2. The van der Waals surface area contributed by atoms with Crippen LogP contribution in [-0.2, 0) is 11.2 Å². The molecule has 0 atom stereocenters. The normalized spacial score (nSPS) is 14.4. The number of rotatable bonds is 1. The smallest absolute Gasteiger partial charge is 0.283 e. The van der Waals surface area contributed by atoms with E-state index in [-0.39, 0.29) is 36.8 Å². The van der Waals surface area contributed by atoms with Crippen LogP contribution in [0.15, 0.2) is 18.2 Å². The number of benzene rings is 1. The van der Waals surface area contributed by atoms with E-state index in [1.54, 1.807) is 25.1 Å². The minimum Gasteiger partial charge on any atom is -0.491 e. The SMILES string of the molecule is Cc1nc2c(C#N)c(C(F)F)nn2c2c1Cc1ccc(Cl)cc1OCCNC(=O)CN2. The minimum atomic E-state index is -2.95. The first-order valence-corrected chi connectivity index (χ1v) is 9.79. The van der Waals surface area contributed by atoms with E-state index in [1.807, 2.05) is 6.07 Å². The Kier molecular flexibility index (Phi) is 5.61. The third-order valence-electron chi connectivity index (χ3n) is 4.91. The Bertz CT molecular complexity index is 1220. The van der Waals surface area contributed by atoms with Gasteiger partial charge in [-0.15, -0.1) is 0 Å². The Hall–Kier alpha value is -3.45. The van der Waals surface area contributed by atoms with E-state index in [9.17, 15) is 18.8 Å². The second kappa shape index (κ2) is 8.35. The first-order valence-electron chi connectivity index (χ1n) is 9.41. The van der Waals surface area contributed by atoms with Crippen LogP contribution in [0.3, 0.4) is 0 Å². The van der Waals surface area contributed by atoms with Crippen LogP contribution in [0.1, 0.15) is 34.5 Å². The van der Waals surface area contributed by atoms with E-state index in [2.05, 4.69) is 20.7 Å². The lowest BCUT2D eigenvalue weighted by molar-refractivity contribution is -0.119. The zero-order valence-corrected chi connectivity index (χ0v) is 17.1. The number of ether oxygens (including phenoxy) is 1. The van der Waals surface area contributed by atoms with E-state index in [4.69, 9.17) is 16.3 Å². The Morgan fingerprint density at radius 3 is 2.90 bits per heavy atom. The Labute approximate surface area is 180 Å². The maximum Gasteiger partial charge on any atom is 0.283 e. The van der Waals surface area contributed by atoms with Crippen LogP contribution in [0.2, 0.25) is 5.02 Å². The van der Waals surface area contributed by atoms with Gasteiger partial charge in [0.15, 0.2) is 5.65 Å². The number of carbonyl (C=O) groups excluding carboxylic acids is 1. The van der Waals surface area contributed by atoms with E-state index in [0.717, 1.165) is 10.1 Å². The minimum absolute atomic E-state index is 0.00151. The molecular formula is C20H17ClF2N6O2. The molecule has 3 aromatic rings. The number of nitriles is 1. The van der Waals surface area contributed by atoms with Gasteiger partial charge in [-0.1, -0.05) is 17.7 Å². The van der Waals surface area contributed by atoms with Gasteiger partial charge in [0.25, 0.3) is 6.43 Å². The third kappa shape index (κ3) is 3.96. The van der Waals surface area contributed by atoms with Crippen molar-refractivity contribution in [2.75, 3.05) is 25.0 Å². The summed E-state index contributed by atoms with van der Waals surface area (Å²) >= 11 is 6.11. The number of carbonyl (C=O) groups is 1. The van der Waals surface area contributed by atoms with Crippen LogP contribution < -0.4 is 15.4 Å². The topological polar surface area (TPSA) is 104 Å². The van der Waals surface area contributed by atoms with Crippen LogP contribution in [0.25, 0.3) is 5.65 Å². The lowest BCUT2D eigenvalue weighted by atomic mass is 10.0. The van der Waals surface area contributed by atoms with Gasteiger partial charge in [0.1, 0.15) is 35.5 Å². The molecule has 1 aliphatic heterocycles. The molecule has 1 aromatic carbocycles. The Morgan fingerprint density at radius 2 is 2.16 bits per heavy atom. The van der Waals surface area contributed by atoms with E-state index in [0.29, 0.717) is 34.3 Å². The molecule has 0 fully saturated rings. The van der Waals surface area contributed by atoms with Gasteiger partial charge in [0.05, 0.1) is 13.1 Å². The van der Waals surface area contributed by atoms with Gasteiger partial charge in [-0.05, 0) is 24.6 Å². The van der Waals surface area contributed by atoms with Gasteiger partial charge < -0.3 is 15.4 Å². The van der Waals surface area contributed by atoms with Crippen molar-refractivity contribution in [3.05, 3.63) is 51.3 Å². The zero-order chi connectivity index (χ0) is 22.1. The fourth-order valence-electron chi connectivity index (χ4n) is 3.44. The molecule has 31 heavy (non-hydrogen) atoms. The first kappa shape index (κ1) is 20.8. The standard InChI is InChI=1S/C20H17ClF2N6O2/c1-10-13-6-11-2-3-12(21)7-15(11)31-5-4-25-16(30)9-26-19(13)29-20(27-10)14(8-24)17(28-29)18(22)23/h2-3,7,18,26H,4-6,9H2,1H3,(H,25,30). The molecule has 0 bridgehead atoms. The molecule has 2 N–H and O–H groups in total. The number of nitrogens with one attached hydrogen (secondary N) is 2. The monoisotopic (exact) mass is 446 g/mol. The molecule has 0 saturated carbocycles.